The summed E-state index contributed by atoms with van der Waals surface area (Å²) in [5, 5.41) is 8.92. The lowest BCUT2D eigenvalue weighted by Crippen LogP contribution is -2.37. The van der Waals surface area contributed by atoms with Crippen LogP contribution < -0.4 is 0 Å². The number of ether oxygens (including phenoxy) is 2. The van der Waals surface area contributed by atoms with Gasteiger partial charge in [0.05, 0.1) is 6.61 Å². The van der Waals surface area contributed by atoms with Crippen LogP contribution in [0.15, 0.2) is 0 Å². The van der Waals surface area contributed by atoms with Gasteiger partial charge in [0.15, 0.2) is 0 Å². The van der Waals surface area contributed by atoms with Gasteiger partial charge in [0.25, 0.3) is 6.47 Å². The number of rotatable bonds is 4. The zero-order chi connectivity index (χ0) is 8.16. The largest absolute Gasteiger partial charge is 0.465 e. The highest BCUT2D eigenvalue weighted by molar-refractivity contribution is 5.37. The minimum atomic E-state index is -0.610. The van der Waals surface area contributed by atoms with E-state index in [1.54, 1.807) is 0 Å². The van der Waals surface area contributed by atoms with Crippen molar-refractivity contribution in [2.75, 3.05) is 19.8 Å². The van der Waals surface area contributed by atoms with Crippen LogP contribution in [-0.4, -0.2) is 37.0 Å². The quantitative estimate of drug-likeness (QED) is 0.574. The maximum absolute atomic E-state index is 9.86. The Kier molecular flexibility index (Phi) is 2.84. The Bertz CT molecular complexity index is 128. The standard InChI is InChI=1S/C7H12O4/c8-4-7(5-10-6-9)2-1-3-11-7/h6,8H,1-5H2. The van der Waals surface area contributed by atoms with Gasteiger partial charge in [-0.1, -0.05) is 0 Å². The van der Waals surface area contributed by atoms with Crippen molar-refractivity contribution in [2.45, 2.75) is 18.4 Å². The fourth-order valence-electron chi connectivity index (χ4n) is 1.23. The van der Waals surface area contributed by atoms with Crippen LogP contribution in [-0.2, 0) is 14.3 Å². The Morgan fingerprint density at radius 2 is 2.55 bits per heavy atom. The highest BCUT2D eigenvalue weighted by Gasteiger charge is 2.35. The van der Waals surface area contributed by atoms with Gasteiger partial charge in [0.1, 0.15) is 12.2 Å². The lowest BCUT2D eigenvalue weighted by Gasteiger charge is -2.23. The van der Waals surface area contributed by atoms with Crippen molar-refractivity contribution in [1.29, 1.82) is 0 Å². The Balaban J connectivity index is 2.38. The predicted molar refractivity (Wildman–Crippen MR) is 37.0 cm³/mol. The molecule has 0 spiro atoms. The fraction of sp³-hybridized carbons (Fsp3) is 0.857. The van der Waals surface area contributed by atoms with Crippen molar-refractivity contribution >= 4 is 6.47 Å². The van der Waals surface area contributed by atoms with Crippen molar-refractivity contribution in [3.8, 4) is 0 Å². The van der Waals surface area contributed by atoms with Crippen LogP contribution in [0.4, 0.5) is 0 Å². The third kappa shape index (κ3) is 1.91. The van der Waals surface area contributed by atoms with Gasteiger partial charge in [-0.25, -0.2) is 0 Å². The molecule has 1 heterocycles. The normalized spacial score (nSPS) is 30.3. The lowest BCUT2D eigenvalue weighted by molar-refractivity contribution is -0.140. The average molecular weight is 160 g/mol. The van der Waals surface area contributed by atoms with Crippen LogP contribution in [0.5, 0.6) is 0 Å². The molecule has 1 aliphatic heterocycles. The molecule has 0 aromatic carbocycles. The van der Waals surface area contributed by atoms with Gasteiger partial charge in [-0.3, -0.25) is 4.79 Å². The van der Waals surface area contributed by atoms with Crippen LogP contribution in [0.2, 0.25) is 0 Å². The lowest BCUT2D eigenvalue weighted by atomic mass is 10.0. The molecular weight excluding hydrogens is 148 g/mol. The molecule has 0 aromatic rings. The molecule has 1 atom stereocenters. The molecule has 1 saturated heterocycles. The van der Waals surface area contributed by atoms with Crippen LogP contribution in [0.3, 0.4) is 0 Å². The van der Waals surface area contributed by atoms with E-state index >= 15 is 0 Å². The molecule has 1 fully saturated rings. The SMILES string of the molecule is O=COCC1(CO)CCCO1. The van der Waals surface area contributed by atoms with Gasteiger partial charge in [0.2, 0.25) is 0 Å². The molecule has 0 saturated carbocycles. The van der Waals surface area contributed by atoms with Crippen molar-refractivity contribution in [3.05, 3.63) is 0 Å². The Morgan fingerprint density at radius 3 is 3.00 bits per heavy atom. The van der Waals surface area contributed by atoms with Crippen LogP contribution in [0, 0.1) is 0 Å². The van der Waals surface area contributed by atoms with E-state index in [-0.39, 0.29) is 13.2 Å². The smallest absolute Gasteiger partial charge is 0.293 e. The third-order valence-electron chi connectivity index (χ3n) is 1.89. The van der Waals surface area contributed by atoms with E-state index in [0.29, 0.717) is 13.1 Å². The minimum Gasteiger partial charge on any atom is -0.465 e. The molecule has 0 radical (unpaired) electrons. The molecule has 0 aromatic heterocycles. The van der Waals surface area contributed by atoms with E-state index in [0.717, 1.165) is 12.8 Å². The van der Waals surface area contributed by atoms with Gasteiger partial charge >= 0.3 is 0 Å². The maximum Gasteiger partial charge on any atom is 0.293 e. The summed E-state index contributed by atoms with van der Waals surface area (Å²) in [6, 6.07) is 0. The van der Waals surface area contributed by atoms with Gasteiger partial charge in [-0.2, -0.15) is 0 Å². The first-order valence-electron chi connectivity index (χ1n) is 3.63. The summed E-state index contributed by atoms with van der Waals surface area (Å²) in [5.74, 6) is 0. The summed E-state index contributed by atoms with van der Waals surface area (Å²) in [6.07, 6.45) is 1.68. The van der Waals surface area contributed by atoms with E-state index in [9.17, 15) is 4.79 Å². The summed E-state index contributed by atoms with van der Waals surface area (Å²) < 4.78 is 9.80. The van der Waals surface area contributed by atoms with E-state index < -0.39 is 5.60 Å². The second kappa shape index (κ2) is 3.69. The van der Waals surface area contributed by atoms with E-state index in [1.807, 2.05) is 0 Å². The van der Waals surface area contributed by atoms with Crippen LogP contribution >= 0.6 is 0 Å². The van der Waals surface area contributed by atoms with E-state index in [1.165, 1.54) is 0 Å². The van der Waals surface area contributed by atoms with Crippen LogP contribution in [0.1, 0.15) is 12.8 Å². The molecule has 0 aliphatic carbocycles. The van der Waals surface area contributed by atoms with Crippen molar-refractivity contribution in [3.63, 3.8) is 0 Å². The van der Waals surface area contributed by atoms with Gasteiger partial charge in [-0.05, 0) is 12.8 Å². The van der Waals surface area contributed by atoms with E-state index in [2.05, 4.69) is 4.74 Å². The number of hydrogen-bond donors (Lipinski definition) is 1. The highest BCUT2D eigenvalue weighted by atomic mass is 16.6. The number of carbonyl (C=O) groups is 1. The molecular formula is C7H12O4. The summed E-state index contributed by atoms with van der Waals surface area (Å²) in [4.78, 5) is 9.86. The average Bonchev–Trinajstić information content (AvgIpc) is 2.50. The van der Waals surface area contributed by atoms with Gasteiger partial charge < -0.3 is 14.6 Å². The Labute approximate surface area is 65.1 Å². The molecule has 1 N–H and O–H groups in total. The molecule has 0 bridgehead atoms. The van der Waals surface area contributed by atoms with Crippen LogP contribution in [0.25, 0.3) is 0 Å². The number of hydrogen-bond acceptors (Lipinski definition) is 4. The number of aliphatic hydroxyl groups excluding tert-OH is 1. The molecule has 4 nitrogen and oxygen atoms in total. The van der Waals surface area contributed by atoms with Crippen molar-refractivity contribution in [2.24, 2.45) is 0 Å². The maximum atomic E-state index is 9.86. The van der Waals surface area contributed by atoms with E-state index in [4.69, 9.17) is 9.84 Å². The minimum absolute atomic E-state index is 0.0825. The Morgan fingerprint density at radius 1 is 1.73 bits per heavy atom. The first-order valence-corrected chi connectivity index (χ1v) is 3.63. The molecule has 1 unspecified atom stereocenters. The molecule has 4 heteroatoms. The fourth-order valence-corrected chi connectivity index (χ4v) is 1.23. The van der Waals surface area contributed by atoms with Crippen molar-refractivity contribution < 1.29 is 19.4 Å². The zero-order valence-corrected chi connectivity index (χ0v) is 6.28. The summed E-state index contributed by atoms with van der Waals surface area (Å²) in [6.45, 7) is 1.09. The first-order chi connectivity index (χ1) is 5.33. The van der Waals surface area contributed by atoms with Crippen molar-refractivity contribution in [1.82, 2.24) is 0 Å². The van der Waals surface area contributed by atoms with Gasteiger partial charge in [0, 0.05) is 6.61 Å². The second-order valence-corrected chi connectivity index (χ2v) is 2.70. The monoisotopic (exact) mass is 160 g/mol. The first kappa shape index (κ1) is 8.49. The molecule has 1 rings (SSSR count). The molecule has 11 heavy (non-hydrogen) atoms. The molecule has 0 amide bonds. The summed E-state index contributed by atoms with van der Waals surface area (Å²) in [5.41, 5.74) is -0.610. The summed E-state index contributed by atoms with van der Waals surface area (Å²) in [7, 11) is 0. The third-order valence-corrected chi connectivity index (χ3v) is 1.89. The highest BCUT2D eigenvalue weighted by Crippen LogP contribution is 2.24. The zero-order valence-electron chi connectivity index (χ0n) is 6.28. The number of carbonyl (C=O) groups excluding carboxylic acids is 1. The number of aliphatic hydroxyl groups is 1. The topological polar surface area (TPSA) is 55.8 Å². The second-order valence-electron chi connectivity index (χ2n) is 2.70. The van der Waals surface area contributed by atoms with Gasteiger partial charge in [-0.15, -0.1) is 0 Å². The summed E-state index contributed by atoms with van der Waals surface area (Å²) >= 11 is 0. The Hall–Kier alpha value is -0.610. The molecule has 1 aliphatic rings. The predicted octanol–water partition coefficient (Wildman–Crippen LogP) is -0.299. The molecule has 64 valence electrons.